The van der Waals surface area contributed by atoms with Crippen molar-refractivity contribution in [2.45, 2.75) is 65.8 Å². The summed E-state index contributed by atoms with van der Waals surface area (Å²) in [5.74, 6) is -0.335. The van der Waals surface area contributed by atoms with Gasteiger partial charge >= 0.3 is 5.97 Å². The molecule has 0 spiro atoms. The van der Waals surface area contributed by atoms with E-state index in [-0.39, 0.29) is 17.6 Å². The lowest BCUT2D eigenvalue weighted by molar-refractivity contribution is -0.138. The summed E-state index contributed by atoms with van der Waals surface area (Å²) in [6.45, 7) is 16.7. The van der Waals surface area contributed by atoms with Crippen molar-refractivity contribution in [1.29, 1.82) is 0 Å². The summed E-state index contributed by atoms with van der Waals surface area (Å²) in [5, 5.41) is 10.3. The molecule has 0 fully saturated rings. The first kappa shape index (κ1) is 21.1. The minimum absolute atomic E-state index is 0.116. The molecule has 1 atom stereocenters. The fourth-order valence-electron chi connectivity index (χ4n) is 1.32. The molecule has 4 nitrogen and oxygen atoms in total. The summed E-state index contributed by atoms with van der Waals surface area (Å²) in [4.78, 5) is 11.5. The van der Waals surface area contributed by atoms with Gasteiger partial charge in [0.15, 0.2) is 8.32 Å². The molecule has 0 aliphatic carbocycles. The smallest absolute Gasteiger partial charge is 0.333 e. The van der Waals surface area contributed by atoms with E-state index in [1.54, 1.807) is 26.0 Å². The van der Waals surface area contributed by atoms with Gasteiger partial charge in [0.25, 0.3) is 0 Å². The van der Waals surface area contributed by atoms with Gasteiger partial charge in [-0.2, -0.15) is 0 Å². The standard InChI is InChI=1S/C17H32O4Si/c1-9-20-16(19)14(3)11-10-13(2)15(18)12-21-22(7,8)17(4,5)6/h10-11,15,18H,9,12H2,1-8H3/b13-10-,14-11+/t15-/m1/s1. The molecule has 128 valence electrons. The van der Waals surface area contributed by atoms with E-state index in [0.717, 1.165) is 5.57 Å². The molecule has 1 N–H and O–H groups in total. The number of hydrogen-bond acceptors (Lipinski definition) is 4. The minimum Gasteiger partial charge on any atom is -0.463 e. The molecular formula is C17H32O4Si. The molecule has 5 heteroatoms. The van der Waals surface area contributed by atoms with Gasteiger partial charge in [0, 0.05) is 5.57 Å². The highest BCUT2D eigenvalue weighted by atomic mass is 28.4. The van der Waals surface area contributed by atoms with Crippen LogP contribution in [0.1, 0.15) is 41.5 Å². The number of hydrogen-bond donors (Lipinski definition) is 1. The average Bonchev–Trinajstić information content (AvgIpc) is 2.40. The molecule has 0 unspecified atom stereocenters. The van der Waals surface area contributed by atoms with Crippen LogP contribution in [0.25, 0.3) is 0 Å². The van der Waals surface area contributed by atoms with E-state index in [4.69, 9.17) is 9.16 Å². The number of allylic oxidation sites excluding steroid dienone is 2. The third kappa shape index (κ3) is 6.90. The Hall–Kier alpha value is -0.913. The Balaban J connectivity index is 4.67. The van der Waals surface area contributed by atoms with Gasteiger partial charge in [-0.3, -0.25) is 0 Å². The molecule has 0 aliphatic heterocycles. The van der Waals surface area contributed by atoms with Gasteiger partial charge in [-0.15, -0.1) is 0 Å². The Kier molecular flexibility index (Phi) is 8.29. The lowest BCUT2D eigenvalue weighted by Crippen LogP contribution is -2.42. The van der Waals surface area contributed by atoms with Crippen molar-refractivity contribution in [3.63, 3.8) is 0 Å². The van der Waals surface area contributed by atoms with Crippen LogP contribution >= 0.6 is 0 Å². The Morgan fingerprint density at radius 3 is 2.23 bits per heavy atom. The van der Waals surface area contributed by atoms with Crippen LogP contribution in [-0.2, 0) is 14.0 Å². The monoisotopic (exact) mass is 328 g/mol. The minimum atomic E-state index is -1.86. The number of aliphatic hydroxyl groups is 1. The van der Waals surface area contributed by atoms with E-state index < -0.39 is 14.4 Å². The number of carbonyl (C=O) groups is 1. The van der Waals surface area contributed by atoms with Crippen molar-refractivity contribution >= 4 is 14.3 Å². The molecule has 0 radical (unpaired) electrons. The number of aliphatic hydroxyl groups excluding tert-OH is 1. The summed E-state index contributed by atoms with van der Waals surface area (Å²) in [7, 11) is -1.86. The average molecular weight is 329 g/mol. The third-order valence-electron chi connectivity index (χ3n) is 4.13. The topological polar surface area (TPSA) is 55.8 Å². The number of rotatable bonds is 7. The summed E-state index contributed by atoms with van der Waals surface area (Å²) >= 11 is 0. The molecule has 22 heavy (non-hydrogen) atoms. The van der Waals surface area contributed by atoms with Gasteiger partial charge in [0.2, 0.25) is 0 Å². The SMILES string of the molecule is CCOC(=O)/C(C)=C/C=C(/C)[C@H](O)CO[Si](C)(C)C(C)(C)C. The lowest BCUT2D eigenvalue weighted by Gasteiger charge is -2.36. The normalized spacial score (nSPS) is 15.7. The van der Waals surface area contributed by atoms with Crippen molar-refractivity contribution in [2.24, 2.45) is 0 Å². The van der Waals surface area contributed by atoms with Crippen LogP contribution in [0.3, 0.4) is 0 Å². The Morgan fingerprint density at radius 2 is 1.77 bits per heavy atom. The van der Waals surface area contributed by atoms with Crippen molar-refractivity contribution in [3.8, 4) is 0 Å². The molecule has 0 heterocycles. The predicted octanol–water partition coefficient (Wildman–Crippen LogP) is 3.82. The van der Waals surface area contributed by atoms with Crippen molar-refractivity contribution in [2.75, 3.05) is 13.2 Å². The van der Waals surface area contributed by atoms with E-state index >= 15 is 0 Å². The highest BCUT2D eigenvalue weighted by molar-refractivity contribution is 6.74. The second-order valence-electron chi connectivity index (χ2n) is 7.07. The van der Waals surface area contributed by atoms with E-state index in [9.17, 15) is 9.90 Å². The van der Waals surface area contributed by atoms with Gasteiger partial charge in [0.1, 0.15) is 0 Å². The summed E-state index contributed by atoms with van der Waals surface area (Å²) < 4.78 is 10.9. The molecule has 0 rings (SSSR count). The maximum Gasteiger partial charge on any atom is 0.333 e. The Morgan fingerprint density at radius 1 is 1.23 bits per heavy atom. The highest BCUT2D eigenvalue weighted by Gasteiger charge is 2.37. The Bertz CT molecular complexity index is 430. The zero-order valence-electron chi connectivity index (χ0n) is 15.3. The molecule has 0 amide bonds. The van der Waals surface area contributed by atoms with E-state index in [2.05, 4.69) is 33.9 Å². The van der Waals surface area contributed by atoms with Crippen LogP contribution in [0.5, 0.6) is 0 Å². The predicted molar refractivity (Wildman–Crippen MR) is 93.3 cm³/mol. The van der Waals surface area contributed by atoms with Gasteiger partial charge in [-0.1, -0.05) is 32.9 Å². The molecule has 0 saturated heterocycles. The van der Waals surface area contributed by atoms with Crippen LogP contribution < -0.4 is 0 Å². The van der Waals surface area contributed by atoms with E-state index in [0.29, 0.717) is 12.2 Å². The summed E-state index contributed by atoms with van der Waals surface area (Å²) in [6.07, 6.45) is 2.75. The first-order valence-electron chi connectivity index (χ1n) is 7.76. The first-order valence-corrected chi connectivity index (χ1v) is 10.7. The van der Waals surface area contributed by atoms with Gasteiger partial charge in [-0.25, -0.2) is 4.79 Å². The second-order valence-corrected chi connectivity index (χ2v) is 11.9. The molecule has 0 saturated carbocycles. The number of carbonyl (C=O) groups excluding carboxylic acids is 1. The van der Waals surface area contributed by atoms with Gasteiger partial charge in [-0.05, 0) is 44.5 Å². The fourth-order valence-corrected chi connectivity index (χ4v) is 2.32. The molecule has 0 aromatic carbocycles. The zero-order chi connectivity index (χ0) is 17.6. The van der Waals surface area contributed by atoms with Gasteiger partial charge in [0.05, 0.1) is 19.3 Å². The van der Waals surface area contributed by atoms with Crippen LogP contribution in [0.2, 0.25) is 18.1 Å². The maximum atomic E-state index is 11.5. The van der Waals surface area contributed by atoms with Crippen molar-refractivity contribution in [1.82, 2.24) is 0 Å². The second kappa shape index (κ2) is 8.65. The molecule has 0 bridgehead atoms. The largest absolute Gasteiger partial charge is 0.463 e. The third-order valence-corrected chi connectivity index (χ3v) is 8.63. The summed E-state index contributed by atoms with van der Waals surface area (Å²) in [6, 6.07) is 0. The Labute approximate surface area is 136 Å². The molecule has 0 aromatic rings. The quantitative estimate of drug-likeness (QED) is 0.334. The first-order chi connectivity index (χ1) is 9.92. The van der Waals surface area contributed by atoms with Crippen LogP contribution in [-0.4, -0.2) is 38.7 Å². The number of esters is 1. The number of ether oxygens (including phenoxy) is 1. The van der Waals surface area contributed by atoms with Crippen molar-refractivity contribution in [3.05, 3.63) is 23.3 Å². The molecule has 0 aliphatic rings. The van der Waals surface area contributed by atoms with E-state index in [1.807, 2.05) is 6.92 Å². The molecular weight excluding hydrogens is 296 g/mol. The highest BCUT2D eigenvalue weighted by Crippen LogP contribution is 2.36. The van der Waals surface area contributed by atoms with E-state index in [1.165, 1.54) is 0 Å². The fraction of sp³-hybridized carbons (Fsp3) is 0.706. The van der Waals surface area contributed by atoms with Crippen LogP contribution in [0.15, 0.2) is 23.3 Å². The maximum absolute atomic E-state index is 11.5. The molecule has 0 aromatic heterocycles. The van der Waals surface area contributed by atoms with Crippen molar-refractivity contribution < 1.29 is 19.1 Å². The lowest BCUT2D eigenvalue weighted by atomic mass is 10.1. The van der Waals surface area contributed by atoms with Gasteiger partial charge < -0.3 is 14.3 Å². The summed E-state index contributed by atoms with van der Waals surface area (Å²) in [5.41, 5.74) is 1.28. The van der Waals surface area contributed by atoms with Crippen LogP contribution in [0, 0.1) is 0 Å². The zero-order valence-corrected chi connectivity index (χ0v) is 16.3. The van der Waals surface area contributed by atoms with Crippen LogP contribution in [0.4, 0.5) is 0 Å².